The number of carbonyl (C=O) groups excluding carboxylic acids is 2. The predicted molar refractivity (Wildman–Crippen MR) is 85.1 cm³/mol. The monoisotopic (exact) mass is 319 g/mol. The molecule has 5 N–H and O–H groups in total. The van der Waals surface area contributed by atoms with Crippen LogP contribution >= 0.6 is 0 Å². The molecule has 1 saturated carbocycles. The second-order valence-electron chi connectivity index (χ2n) is 6.09. The molecule has 1 aliphatic carbocycles. The highest BCUT2D eigenvalue weighted by molar-refractivity contribution is 5.99. The maximum atomic E-state index is 12.4. The molecule has 1 aromatic rings. The lowest BCUT2D eigenvalue weighted by molar-refractivity contribution is -0.146. The van der Waals surface area contributed by atoms with Crippen LogP contribution in [0.1, 0.15) is 43.0 Å². The number of carbonyl (C=O) groups is 3. The molecule has 0 saturated heterocycles. The minimum Gasteiger partial charge on any atom is -0.480 e. The fourth-order valence-corrected chi connectivity index (χ4v) is 2.82. The third-order valence-electron chi connectivity index (χ3n) is 4.28. The first-order valence-corrected chi connectivity index (χ1v) is 7.55. The Labute approximate surface area is 134 Å². The third-order valence-corrected chi connectivity index (χ3v) is 4.28. The van der Waals surface area contributed by atoms with Crippen molar-refractivity contribution in [2.75, 3.05) is 5.32 Å². The molecule has 0 heterocycles. The highest BCUT2D eigenvalue weighted by Gasteiger charge is 2.42. The van der Waals surface area contributed by atoms with Crippen molar-refractivity contribution in [3.8, 4) is 0 Å². The molecule has 2 rings (SSSR count). The number of hydrogen-bond acceptors (Lipinski definition) is 3. The third kappa shape index (κ3) is 4.00. The van der Waals surface area contributed by atoms with Crippen LogP contribution in [0.3, 0.4) is 0 Å². The number of aliphatic carboxylic acids is 1. The molecule has 1 aliphatic rings. The van der Waals surface area contributed by atoms with E-state index in [2.05, 4.69) is 17.6 Å². The molecule has 1 fully saturated rings. The van der Waals surface area contributed by atoms with E-state index in [1.54, 1.807) is 18.2 Å². The number of benzene rings is 1. The van der Waals surface area contributed by atoms with Crippen LogP contribution in [0.5, 0.6) is 0 Å². The van der Waals surface area contributed by atoms with Crippen molar-refractivity contribution in [2.45, 2.75) is 38.1 Å². The second-order valence-corrected chi connectivity index (χ2v) is 6.09. The summed E-state index contributed by atoms with van der Waals surface area (Å²) in [5.41, 5.74) is 4.47. The predicted octanol–water partition coefficient (Wildman–Crippen LogP) is 1.94. The lowest BCUT2D eigenvalue weighted by Gasteiger charge is -2.36. The van der Waals surface area contributed by atoms with E-state index in [0.29, 0.717) is 24.4 Å². The highest BCUT2D eigenvalue weighted by Crippen LogP contribution is 2.32. The number of carboxylic acid groups (broad SMARTS) is 1. The van der Waals surface area contributed by atoms with Crippen LogP contribution in [-0.4, -0.2) is 28.6 Å². The van der Waals surface area contributed by atoms with Crippen LogP contribution in [0.25, 0.3) is 0 Å². The summed E-state index contributed by atoms with van der Waals surface area (Å²) in [4.78, 5) is 35.0. The van der Waals surface area contributed by atoms with Crippen LogP contribution < -0.4 is 16.4 Å². The molecule has 0 atom stereocenters. The Balaban J connectivity index is 2.16. The minimum absolute atomic E-state index is 0.274. The quantitative estimate of drug-likeness (QED) is 0.677. The molecule has 7 heteroatoms. The topological polar surface area (TPSA) is 122 Å². The number of carboxylic acids is 1. The Hall–Kier alpha value is -2.57. The molecule has 0 spiro atoms. The smallest absolute Gasteiger partial charge is 0.329 e. The van der Waals surface area contributed by atoms with Gasteiger partial charge in [0.25, 0.3) is 5.91 Å². The Kier molecular flexibility index (Phi) is 4.88. The largest absolute Gasteiger partial charge is 0.480 e. The van der Waals surface area contributed by atoms with Crippen molar-refractivity contribution >= 4 is 23.6 Å². The zero-order valence-electron chi connectivity index (χ0n) is 13.0. The molecular weight excluding hydrogens is 298 g/mol. The Morgan fingerprint density at radius 1 is 1.26 bits per heavy atom. The van der Waals surface area contributed by atoms with Crippen molar-refractivity contribution in [3.05, 3.63) is 29.8 Å². The maximum absolute atomic E-state index is 12.4. The van der Waals surface area contributed by atoms with Gasteiger partial charge in [0, 0.05) is 11.3 Å². The fourth-order valence-electron chi connectivity index (χ4n) is 2.82. The number of amides is 3. The van der Waals surface area contributed by atoms with Gasteiger partial charge in [0.2, 0.25) is 0 Å². The molecule has 0 unspecified atom stereocenters. The van der Waals surface area contributed by atoms with E-state index in [1.807, 2.05) is 0 Å². The number of nitrogens with one attached hydrogen (secondary N) is 2. The highest BCUT2D eigenvalue weighted by atomic mass is 16.4. The van der Waals surface area contributed by atoms with Crippen molar-refractivity contribution in [1.29, 1.82) is 0 Å². The first-order chi connectivity index (χ1) is 10.8. The summed E-state index contributed by atoms with van der Waals surface area (Å²) in [6.45, 7) is 2.08. The standard InChI is InChI=1S/C16H21N3O4/c1-10-5-7-16(8-6-10,14(21)22)19-13(20)11-3-2-4-12(9-11)18-15(17)23/h2-4,9-10H,5-8H2,1H3,(H,19,20)(H,21,22)(H3,17,18,23). The van der Waals surface area contributed by atoms with Gasteiger partial charge in [-0.1, -0.05) is 13.0 Å². The minimum atomic E-state index is -1.23. The average molecular weight is 319 g/mol. The van der Waals surface area contributed by atoms with Crippen LogP contribution in [0.4, 0.5) is 10.5 Å². The summed E-state index contributed by atoms with van der Waals surface area (Å²) in [7, 11) is 0. The van der Waals surface area contributed by atoms with E-state index < -0.39 is 23.4 Å². The zero-order chi connectivity index (χ0) is 17.0. The summed E-state index contributed by atoms with van der Waals surface area (Å²) in [5, 5.41) is 14.6. The van der Waals surface area contributed by atoms with Gasteiger partial charge in [0.1, 0.15) is 5.54 Å². The van der Waals surface area contributed by atoms with Crippen LogP contribution in [0.15, 0.2) is 24.3 Å². The van der Waals surface area contributed by atoms with Crippen molar-refractivity contribution in [3.63, 3.8) is 0 Å². The number of hydrogen-bond donors (Lipinski definition) is 4. The van der Waals surface area contributed by atoms with Gasteiger partial charge in [-0.05, 0) is 49.8 Å². The average Bonchev–Trinajstić information content (AvgIpc) is 2.49. The van der Waals surface area contributed by atoms with E-state index in [-0.39, 0.29) is 5.56 Å². The SMILES string of the molecule is CC1CCC(NC(=O)c2cccc(NC(N)=O)c2)(C(=O)O)CC1. The van der Waals surface area contributed by atoms with E-state index in [9.17, 15) is 19.5 Å². The number of anilines is 1. The van der Waals surface area contributed by atoms with Gasteiger partial charge in [-0.15, -0.1) is 0 Å². The van der Waals surface area contributed by atoms with Crippen molar-refractivity contribution < 1.29 is 19.5 Å². The number of nitrogens with two attached hydrogens (primary N) is 1. The van der Waals surface area contributed by atoms with E-state index in [0.717, 1.165) is 12.8 Å². The molecular formula is C16H21N3O4. The molecule has 0 aliphatic heterocycles. The normalized spacial score (nSPS) is 23.8. The second kappa shape index (κ2) is 6.68. The summed E-state index contributed by atoms with van der Waals surface area (Å²) in [6.07, 6.45) is 2.34. The van der Waals surface area contributed by atoms with Gasteiger partial charge in [-0.2, -0.15) is 0 Å². The molecule has 3 amide bonds. The van der Waals surface area contributed by atoms with Gasteiger partial charge in [0.15, 0.2) is 0 Å². The van der Waals surface area contributed by atoms with Crippen molar-refractivity contribution in [2.24, 2.45) is 11.7 Å². The van der Waals surface area contributed by atoms with Crippen LogP contribution in [0.2, 0.25) is 0 Å². The number of urea groups is 1. The van der Waals surface area contributed by atoms with Gasteiger partial charge >= 0.3 is 12.0 Å². The van der Waals surface area contributed by atoms with Crippen LogP contribution in [-0.2, 0) is 4.79 Å². The van der Waals surface area contributed by atoms with E-state index in [1.165, 1.54) is 6.07 Å². The van der Waals surface area contributed by atoms with Crippen molar-refractivity contribution in [1.82, 2.24) is 5.32 Å². The molecule has 23 heavy (non-hydrogen) atoms. The van der Waals surface area contributed by atoms with Gasteiger partial charge in [-0.3, -0.25) is 4.79 Å². The summed E-state index contributed by atoms with van der Waals surface area (Å²) in [6, 6.07) is 5.47. The number of primary amides is 1. The van der Waals surface area contributed by atoms with Crippen LogP contribution in [0, 0.1) is 5.92 Å². The molecule has 0 radical (unpaired) electrons. The van der Waals surface area contributed by atoms with Gasteiger partial charge < -0.3 is 21.5 Å². The lowest BCUT2D eigenvalue weighted by Crippen LogP contribution is -2.56. The summed E-state index contributed by atoms with van der Waals surface area (Å²) >= 11 is 0. The molecule has 7 nitrogen and oxygen atoms in total. The maximum Gasteiger partial charge on any atom is 0.329 e. The first-order valence-electron chi connectivity index (χ1n) is 7.55. The van der Waals surface area contributed by atoms with Gasteiger partial charge in [-0.25, -0.2) is 9.59 Å². The molecule has 124 valence electrons. The Bertz CT molecular complexity index is 622. The van der Waals surface area contributed by atoms with Gasteiger partial charge in [0.05, 0.1) is 0 Å². The molecule has 1 aromatic carbocycles. The lowest BCUT2D eigenvalue weighted by atomic mass is 9.77. The fraction of sp³-hybridized carbons (Fsp3) is 0.438. The Morgan fingerprint density at radius 2 is 1.91 bits per heavy atom. The van der Waals surface area contributed by atoms with E-state index in [4.69, 9.17) is 5.73 Å². The number of rotatable bonds is 4. The summed E-state index contributed by atoms with van der Waals surface area (Å²) in [5.74, 6) is -1.03. The molecule has 0 bridgehead atoms. The Morgan fingerprint density at radius 3 is 2.48 bits per heavy atom. The van der Waals surface area contributed by atoms with E-state index >= 15 is 0 Å². The zero-order valence-corrected chi connectivity index (χ0v) is 13.0. The first kappa shape index (κ1) is 16.8. The molecule has 0 aromatic heterocycles. The summed E-state index contributed by atoms with van der Waals surface area (Å²) < 4.78 is 0.